The molecule has 4 rings (SSSR count). The van der Waals surface area contributed by atoms with Crippen LogP contribution in [0.2, 0.25) is 0 Å². The fourth-order valence-corrected chi connectivity index (χ4v) is 7.05. The molecule has 1 fully saturated rings. The zero-order chi connectivity index (χ0) is 28.0. The van der Waals surface area contributed by atoms with Crippen molar-refractivity contribution in [3.63, 3.8) is 0 Å². The largest absolute Gasteiger partial charge is 0.487 e. The quantitative estimate of drug-likeness (QED) is 0.418. The molecule has 1 saturated carbocycles. The highest BCUT2D eigenvalue weighted by molar-refractivity contribution is 7.89. The van der Waals surface area contributed by atoms with Crippen LogP contribution in [0.5, 0.6) is 5.75 Å². The van der Waals surface area contributed by atoms with Crippen molar-refractivity contribution in [1.29, 1.82) is 0 Å². The molecular weight excluding hydrogens is 532 g/mol. The number of nitrogens with zero attached hydrogens (tertiary/aromatic N) is 3. The van der Waals surface area contributed by atoms with Crippen LogP contribution in [0.4, 0.5) is 0 Å². The number of aliphatic hydroxyl groups excluding tert-OH is 1. The van der Waals surface area contributed by atoms with Gasteiger partial charge >= 0.3 is 0 Å². The molecule has 1 aromatic carbocycles. The van der Waals surface area contributed by atoms with Crippen molar-refractivity contribution >= 4 is 27.4 Å². The van der Waals surface area contributed by atoms with Gasteiger partial charge in [0.1, 0.15) is 16.7 Å². The predicted octanol–water partition coefficient (Wildman–Crippen LogP) is 3.39. The fourth-order valence-electron chi connectivity index (χ4n) is 4.99. The summed E-state index contributed by atoms with van der Waals surface area (Å²) in [7, 11) is -1.98. The lowest BCUT2D eigenvalue weighted by Gasteiger charge is -2.38. The van der Waals surface area contributed by atoms with Gasteiger partial charge in [-0.05, 0) is 62.3 Å². The zero-order valence-electron chi connectivity index (χ0n) is 22.8. The Balaban J connectivity index is 1.64. The van der Waals surface area contributed by atoms with Gasteiger partial charge in [0.25, 0.3) is 0 Å². The average molecular weight is 571 g/mol. The summed E-state index contributed by atoms with van der Waals surface area (Å²) in [6.45, 7) is 4.10. The lowest BCUT2D eigenvalue weighted by Crippen LogP contribution is -2.51. The van der Waals surface area contributed by atoms with Crippen LogP contribution in [0.25, 0.3) is 0 Å². The van der Waals surface area contributed by atoms with E-state index in [0.717, 1.165) is 18.4 Å². The number of sulfonamides is 1. The molecule has 0 saturated heterocycles. The summed E-state index contributed by atoms with van der Waals surface area (Å²) in [5, 5.41) is 14.1. The van der Waals surface area contributed by atoms with E-state index in [9.17, 15) is 13.5 Å². The van der Waals surface area contributed by atoms with E-state index in [1.807, 2.05) is 31.0 Å². The second-order valence-electron chi connectivity index (χ2n) is 10.6. The highest BCUT2D eigenvalue weighted by Gasteiger charge is 2.38. The first-order valence-electron chi connectivity index (χ1n) is 13.6. The van der Waals surface area contributed by atoms with E-state index in [2.05, 4.69) is 22.1 Å². The Morgan fingerprint density at radius 2 is 2.00 bits per heavy atom. The molecule has 8 nitrogen and oxygen atoms in total. The molecule has 2 heterocycles. The van der Waals surface area contributed by atoms with Gasteiger partial charge in [-0.25, -0.2) is 8.42 Å². The van der Waals surface area contributed by atoms with E-state index in [1.54, 1.807) is 37.5 Å². The molecule has 0 amide bonds. The summed E-state index contributed by atoms with van der Waals surface area (Å²) >= 11 is 5.72. The fraction of sp³-hybridized carbons (Fsp3) is 0.517. The van der Waals surface area contributed by atoms with E-state index in [1.165, 1.54) is 23.6 Å². The number of hydrogen-bond donors (Lipinski definition) is 2. The normalized spacial score (nSPS) is 22.2. The third kappa shape index (κ3) is 7.28. The zero-order valence-corrected chi connectivity index (χ0v) is 24.5. The molecular formula is C29H38N4O4S2. The van der Waals surface area contributed by atoms with Crippen LogP contribution in [0.1, 0.15) is 57.1 Å². The van der Waals surface area contributed by atoms with E-state index in [4.69, 9.17) is 17.0 Å². The monoisotopic (exact) mass is 570 g/mol. The maximum absolute atomic E-state index is 13.7. The first-order chi connectivity index (χ1) is 18.7. The second kappa shape index (κ2) is 13.1. The van der Waals surface area contributed by atoms with Crippen LogP contribution in [-0.2, 0) is 10.0 Å². The standard InChI is InChI=1S/C29H38N4O4S2/c1-21-18-33(22(2)20-34)39(35,36)28-14-13-23(11-12-24-8-7-15-30-17-24)16-26(28)37-27(21)19-32(3)29(38)31-25-9-5-4-6-10-25/h7-8,13-17,21-22,25,27,34H,4-6,9-10,18-20H2,1-3H3,(H,31,38)/t21-,22+,27+/m1/s1. The number of likely N-dealkylation sites (N-methyl/N-ethyl adjacent to an activating group) is 1. The summed E-state index contributed by atoms with van der Waals surface area (Å²) in [5.41, 5.74) is 1.39. The molecule has 3 atom stereocenters. The van der Waals surface area contributed by atoms with Crippen LogP contribution < -0.4 is 10.1 Å². The molecule has 0 unspecified atom stereocenters. The molecule has 39 heavy (non-hydrogen) atoms. The van der Waals surface area contributed by atoms with Gasteiger partial charge in [0.15, 0.2) is 5.11 Å². The molecule has 0 spiro atoms. The first kappa shape index (κ1) is 29.3. The summed E-state index contributed by atoms with van der Waals surface area (Å²) in [6, 6.07) is 8.38. The number of thiocarbonyl (C=S) groups is 1. The van der Waals surface area contributed by atoms with Crippen molar-refractivity contribution in [3.8, 4) is 17.6 Å². The van der Waals surface area contributed by atoms with Crippen molar-refractivity contribution in [2.45, 2.75) is 69.0 Å². The van der Waals surface area contributed by atoms with Crippen LogP contribution in [0.15, 0.2) is 47.6 Å². The summed E-state index contributed by atoms with van der Waals surface area (Å²) < 4.78 is 35.3. The number of aromatic nitrogens is 1. The minimum absolute atomic E-state index is 0.0668. The molecule has 1 aliphatic heterocycles. The Labute approximate surface area is 237 Å². The van der Waals surface area contributed by atoms with E-state index >= 15 is 0 Å². The number of ether oxygens (including phenoxy) is 1. The number of hydrogen-bond acceptors (Lipinski definition) is 6. The van der Waals surface area contributed by atoms with Crippen molar-refractivity contribution in [1.82, 2.24) is 19.5 Å². The van der Waals surface area contributed by atoms with Crippen LogP contribution in [-0.4, -0.2) is 77.8 Å². The van der Waals surface area contributed by atoms with E-state index in [0.29, 0.717) is 23.3 Å². The summed E-state index contributed by atoms with van der Waals surface area (Å²) in [6.07, 6.45) is 8.93. The van der Waals surface area contributed by atoms with Gasteiger partial charge in [0.05, 0.1) is 13.2 Å². The molecule has 1 aliphatic carbocycles. The third-order valence-electron chi connectivity index (χ3n) is 7.41. The van der Waals surface area contributed by atoms with Crippen LogP contribution >= 0.6 is 12.2 Å². The Morgan fingerprint density at radius 1 is 1.26 bits per heavy atom. The molecule has 210 valence electrons. The Kier molecular flexibility index (Phi) is 9.83. The molecule has 1 aromatic heterocycles. The van der Waals surface area contributed by atoms with E-state index < -0.39 is 16.1 Å². The SMILES string of the molecule is C[C@@H]1CN([C@@H](C)CO)S(=O)(=O)c2ccc(C#Cc3cccnc3)cc2O[C@H]1CN(C)C(=S)NC1CCCCC1. The second-order valence-corrected chi connectivity index (χ2v) is 12.8. The molecule has 2 aliphatic rings. The molecule has 2 aromatic rings. The lowest BCUT2D eigenvalue weighted by molar-refractivity contribution is 0.0882. The lowest BCUT2D eigenvalue weighted by atomic mass is 9.96. The number of pyridine rings is 1. The van der Waals surface area contributed by atoms with Crippen LogP contribution in [0, 0.1) is 17.8 Å². The van der Waals surface area contributed by atoms with Crippen molar-refractivity contribution in [2.75, 3.05) is 26.7 Å². The Hall–Kier alpha value is -2.71. The molecule has 0 bridgehead atoms. The average Bonchev–Trinajstić information content (AvgIpc) is 2.94. The Morgan fingerprint density at radius 3 is 2.69 bits per heavy atom. The van der Waals surface area contributed by atoms with Gasteiger partial charge in [0, 0.05) is 55.1 Å². The van der Waals surface area contributed by atoms with Gasteiger partial charge < -0.3 is 20.1 Å². The Bertz CT molecular complexity index is 1300. The van der Waals surface area contributed by atoms with Gasteiger partial charge in [-0.1, -0.05) is 38.0 Å². The summed E-state index contributed by atoms with van der Waals surface area (Å²) in [4.78, 5) is 6.13. The number of rotatable bonds is 5. The molecule has 2 N–H and O–H groups in total. The topological polar surface area (TPSA) is 95.0 Å². The van der Waals surface area contributed by atoms with Gasteiger partial charge in [-0.3, -0.25) is 4.98 Å². The molecule has 0 radical (unpaired) electrons. The number of benzene rings is 1. The molecule has 10 heteroatoms. The smallest absolute Gasteiger partial charge is 0.247 e. The highest BCUT2D eigenvalue weighted by atomic mass is 32.2. The number of aliphatic hydroxyl groups is 1. The van der Waals surface area contributed by atoms with Crippen molar-refractivity contribution < 1.29 is 18.3 Å². The maximum atomic E-state index is 13.7. The van der Waals surface area contributed by atoms with Gasteiger partial charge in [0.2, 0.25) is 10.0 Å². The van der Waals surface area contributed by atoms with Gasteiger partial charge in [-0.2, -0.15) is 4.31 Å². The third-order valence-corrected chi connectivity index (χ3v) is 9.86. The predicted molar refractivity (Wildman–Crippen MR) is 156 cm³/mol. The summed E-state index contributed by atoms with van der Waals surface area (Å²) in [5.74, 6) is 6.23. The highest BCUT2D eigenvalue weighted by Crippen LogP contribution is 2.34. The van der Waals surface area contributed by atoms with Crippen molar-refractivity contribution in [2.24, 2.45) is 5.92 Å². The van der Waals surface area contributed by atoms with E-state index in [-0.39, 0.29) is 35.8 Å². The minimum Gasteiger partial charge on any atom is -0.487 e. The number of nitrogens with one attached hydrogen (secondary N) is 1. The van der Waals surface area contributed by atoms with Crippen LogP contribution in [0.3, 0.4) is 0 Å². The minimum atomic E-state index is -3.92. The first-order valence-corrected chi connectivity index (χ1v) is 15.4. The maximum Gasteiger partial charge on any atom is 0.247 e. The van der Waals surface area contributed by atoms with Gasteiger partial charge in [-0.15, -0.1) is 0 Å². The number of fused-ring (bicyclic) bond motifs is 1. The van der Waals surface area contributed by atoms with Crippen molar-refractivity contribution in [3.05, 3.63) is 53.9 Å².